The number of aromatic nitrogens is 2. The van der Waals surface area contributed by atoms with Crippen LogP contribution in [0.15, 0.2) is 21.1 Å². The van der Waals surface area contributed by atoms with Gasteiger partial charge in [-0.3, -0.25) is 0 Å². The fourth-order valence-corrected chi connectivity index (χ4v) is 4.24. The average molecular weight is 416 g/mol. The molecule has 0 bridgehead atoms. The van der Waals surface area contributed by atoms with Crippen LogP contribution in [-0.2, 0) is 17.8 Å². The number of rotatable bonds is 2. The number of carbonyl (C=O) groups is 1. The van der Waals surface area contributed by atoms with E-state index in [2.05, 4.69) is 37.0 Å². The van der Waals surface area contributed by atoms with Gasteiger partial charge in [0.2, 0.25) is 0 Å². The van der Waals surface area contributed by atoms with Crippen LogP contribution in [0.2, 0.25) is 0 Å². The van der Waals surface area contributed by atoms with Crippen molar-refractivity contribution in [2.24, 2.45) is 0 Å². The number of nitrogens with zero attached hydrogens (tertiary/aromatic N) is 2. The highest BCUT2D eigenvalue weighted by molar-refractivity contribution is 9.11. The van der Waals surface area contributed by atoms with E-state index in [1.165, 1.54) is 0 Å². The molecule has 1 N–H and O–H groups in total. The van der Waals surface area contributed by atoms with Crippen LogP contribution in [0, 0.1) is 6.92 Å². The summed E-state index contributed by atoms with van der Waals surface area (Å²) in [6.45, 7) is 2.85. The largest absolute Gasteiger partial charge is 0.476 e. The number of halogens is 2. The monoisotopic (exact) mass is 414 g/mol. The van der Waals surface area contributed by atoms with Crippen molar-refractivity contribution >= 4 is 37.8 Å². The van der Waals surface area contributed by atoms with Gasteiger partial charge in [-0.2, -0.15) is 5.10 Å². The summed E-state index contributed by atoms with van der Waals surface area (Å²) in [5.41, 5.74) is 3.52. The van der Waals surface area contributed by atoms with Crippen molar-refractivity contribution in [3.05, 3.63) is 43.6 Å². The standard InChI is InChI=1S/C14H12Br2N2O3/c1-7-4-9(15)13(10(16)5-7)18-11-2-3-21-6-8(11)12(17-18)14(19)20/h4-5H,2-3,6H2,1H3,(H,19,20). The van der Waals surface area contributed by atoms with Crippen LogP contribution in [0.4, 0.5) is 0 Å². The van der Waals surface area contributed by atoms with Gasteiger partial charge >= 0.3 is 5.97 Å². The second-order valence-electron chi connectivity index (χ2n) is 4.87. The number of carboxylic acid groups (broad SMARTS) is 1. The van der Waals surface area contributed by atoms with E-state index in [9.17, 15) is 9.90 Å². The van der Waals surface area contributed by atoms with E-state index in [1.54, 1.807) is 4.68 Å². The lowest BCUT2D eigenvalue weighted by Crippen LogP contribution is -2.14. The summed E-state index contributed by atoms with van der Waals surface area (Å²) in [6, 6.07) is 3.96. The average Bonchev–Trinajstić information content (AvgIpc) is 2.78. The molecule has 1 aliphatic rings. The van der Waals surface area contributed by atoms with E-state index in [0.717, 1.165) is 25.9 Å². The molecule has 0 fully saturated rings. The van der Waals surface area contributed by atoms with Gasteiger partial charge in [0.05, 0.1) is 24.6 Å². The zero-order valence-corrected chi connectivity index (χ0v) is 14.4. The molecule has 0 saturated carbocycles. The fourth-order valence-electron chi connectivity index (χ4n) is 2.49. The molecule has 3 rings (SSSR count). The zero-order chi connectivity index (χ0) is 15.1. The normalized spacial score (nSPS) is 14.0. The second-order valence-corrected chi connectivity index (χ2v) is 6.58. The Kier molecular flexibility index (Phi) is 3.90. The molecular formula is C14H12Br2N2O3. The van der Waals surface area contributed by atoms with Gasteiger partial charge in [-0.05, 0) is 56.5 Å². The first-order valence-electron chi connectivity index (χ1n) is 6.37. The molecule has 0 unspecified atom stereocenters. The van der Waals surface area contributed by atoms with E-state index in [1.807, 2.05) is 19.1 Å². The molecule has 0 spiro atoms. The molecule has 0 radical (unpaired) electrons. The first kappa shape index (κ1) is 14.7. The maximum absolute atomic E-state index is 11.4. The second kappa shape index (κ2) is 5.55. The lowest BCUT2D eigenvalue weighted by Gasteiger charge is -2.16. The molecule has 2 aromatic rings. The van der Waals surface area contributed by atoms with Crippen molar-refractivity contribution in [1.82, 2.24) is 9.78 Å². The predicted octanol–water partition coefficient (Wildman–Crippen LogP) is 3.48. The molecule has 1 aliphatic heterocycles. The van der Waals surface area contributed by atoms with Gasteiger partial charge in [0.1, 0.15) is 0 Å². The van der Waals surface area contributed by atoms with E-state index >= 15 is 0 Å². The van der Waals surface area contributed by atoms with Crippen molar-refractivity contribution < 1.29 is 14.6 Å². The summed E-state index contributed by atoms with van der Waals surface area (Å²) in [5.74, 6) is -1.03. The highest BCUT2D eigenvalue weighted by atomic mass is 79.9. The molecule has 1 aromatic carbocycles. The Morgan fingerprint density at radius 1 is 1.38 bits per heavy atom. The summed E-state index contributed by atoms with van der Waals surface area (Å²) in [4.78, 5) is 11.4. The molecule has 110 valence electrons. The Morgan fingerprint density at radius 2 is 2.05 bits per heavy atom. The van der Waals surface area contributed by atoms with E-state index in [-0.39, 0.29) is 12.3 Å². The number of carboxylic acids is 1. The number of benzene rings is 1. The van der Waals surface area contributed by atoms with Gasteiger partial charge in [-0.1, -0.05) is 0 Å². The van der Waals surface area contributed by atoms with Gasteiger partial charge in [-0.15, -0.1) is 0 Å². The Bertz CT molecular complexity index is 717. The quantitative estimate of drug-likeness (QED) is 0.815. The summed E-state index contributed by atoms with van der Waals surface area (Å²) >= 11 is 7.08. The molecule has 5 nitrogen and oxygen atoms in total. The number of ether oxygens (including phenoxy) is 1. The minimum Gasteiger partial charge on any atom is -0.476 e. The predicted molar refractivity (Wildman–Crippen MR) is 84.0 cm³/mol. The van der Waals surface area contributed by atoms with Crippen LogP contribution in [-0.4, -0.2) is 27.5 Å². The van der Waals surface area contributed by atoms with Gasteiger partial charge in [0.15, 0.2) is 5.69 Å². The summed E-state index contributed by atoms with van der Waals surface area (Å²) in [6.07, 6.45) is 0.641. The van der Waals surface area contributed by atoms with Crippen molar-refractivity contribution in [2.75, 3.05) is 6.61 Å². The van der Waals surface area contributed by atoms with Crippen LogP contribution in [0.5, 0.6) is 0 Å². The third-order valence-corrected chi connectivity index (χ3v) is 4.60. The minimum atomic E-state index is -1.03. The number of aromatic carboxylic acids is 1. The molecule has 1 aromatic heterocycles. The molecule has 7 heteroatoms. The SMILES string of the molecule is Cc1cc(Br)c(-n2nc(C(=O)O)c3c2CCOC3)c(Br)c1. The number of fused-ring (bicyclic) bond motifs is 1. The Balaban J connectivity index is 2.26. The molecular weight excluding hydrogens is 404 g/mol. The van der Waals surface area contributed by atoms with Crippen molar-refractivity contribution in [3.63, 3.8) is 0 Å². The first-order chi connectivity index (χ1) is 9.99. The maximum Gasteiger partial charge on any atom is 0.356 e. The Labute approximate surface area is 138 Å². The molecule has 0 atom stereocenters. The van der Waals surface area contributed by atoms with E-state index in [0.29, 0.717) is 18.6 Å². The Hall–Kier alpha value is -1.18. The van der Waals surface area contributed by atoms with Crippen LogP contribution in [0.25, 0.3) is 5.69 Å². The number of aryl methyl sites for hydroxylation is 1. The molecule has 0 aliphatic carbocycles. The van der Waals surface area contributed by atoms with E-state index < -0.39 is 5.97 Å². The summed E-state index contributed by atoms with van der Waals surface area (Å²) in [7, 11) is 0. The van der Waals surface area contributed by atoms with Gasteiger partial charge < -0.3 is 9.84 Å². The molecule has 21 heavy (non-hydrogen) atoms. The topological polar surface area (TPSA) is 64.4 Å². The van der Waals surface area contributed by atoms with Gasteiger partial charge in [-0.25, -0.2) is 9.48 Å². The number of hydrogen-bond acceptors (Lipinski definition) is 3. The molecule has 0 saturated heterocycles. The highest BCUT2D eigenvalue weighted by Gasteiger charge is 2.27. The third-order valence-electron chi connectivity index (χ3n) is 3.40. The fraction of sp³-hybridized carbons (Fsp3) is 0.286. The lowest BCUT2D eigenvalue weighted by atomic mass is 10.1. The lowest BCUT2D eigenvalue weighted by molar-refractivity contribution is 0.0677. The van der Waals surface area contributed by atoms with Crippen LogP contribution >= 0.6 is 31.9 Å². The van der Waals surface area contributed by atoms with Gasteiger partial charge in [0, 0.05) is 20.9 Å². The minimum absolute atomic E-state index is 0.0593. The summed E-state index contributed by atoms with van der Waals surface area (Å²) < 4.78 is 8.81. The zero-order valence-electron chi connectivity index (χ0n) is 11.2. The smallest absolute Gasteiger partial charge is 0.356 e. The third kappa shape index (κ3) is 2.54. The first-order valence-corrected chi connectivity index (χ1v) is 7.95. The molecule has 2 heterocycles. The maximum atomic E-state index is 11.4. The summed E-state index contributed by atoms with van der Waals surface area (Å²) in [5, 5.41) is 13.6. The van der Waals surface area contributed by atoms with Crippen LogP contribution in [0.3, 0.4) is 0 Å². The highest BCUT2D eigenvalue weighted by Crippen LogP contribution is 2.33. The number of hydrogen-bond donors (Lipinski definition) is 1. The Morgan fingerprint density at radius 3 is 2.67 bits per heavy atom. The van der Waals surface area contributed by atoms with E-state index in [4.69, 9.17) is 4.74 Å². The van der Waals surface area contributed by atoms with Crippen molar-refractivity contribution in [1.29, 1.82) is 0 Å². The van der Waals surface area contributed by atoms with Crippen molar-refractivity contribution in [3.8, 4) is 5.69 Å². The van der Waals surface area contributed by atoms with Crippen LogP contribution in [0.1, 0.15) is 27.3 Å². The van der Waals surface area contributed by atoms with Crippen molar-refractivity contribution in [2.45, 2.75) is 20.0 Å². The van der Waals surface area contributed by atoms with Crippen LogP contribution < -0.4 is 0 Å². The molecule has 0 amide bonds. The van der Waals surface area contributed by atoms with Gasteiger partial charge in [0.25, 0.3) is 0 Å².